The van der Waals surface area contributed by atoms with Crippen molar-refractivity contribution in [1.82, 2.24) is 0 Å². The first-order valence-electron chi connectivity index (χ1n) is 5.78. The molecule has 0 bridgehead atoms. The lowest BCUT2D eigenvalue weighted by Gasteiger charge is -2.13. The molecule has 106 valence electrons. The number of anilines is 1. The Morgan fingerprint density at radius 2 is 1.75 bits per heavy atom. The Labute approximate surface area is 113 Å². The van der Waals surface area contributed by atoms with Crippen molar-refractivity contribution in [2.75, 3.05) is 5.32 Å². The maximum absolute atomic E-state index is 13.4. The monoisotopic (exact) mass is 285 g/mol. The molecule has 0 aliphatic heterocycles. The number of alkyl halides is 2. The number of hydrogen-bond acceptors (Lipinski definition) is 2. The zero-order chi connectivity index (χ0) is 14.5. The van der Waals surface area contributed by atoms with Crippen molar-refractivity contribution in [3.8, 4) is 5.75 Å². The number of nitrogens with one attached hydrogen (secondary N) is 1. The summed E-state index contributed by atoms with van der Waals surface area (Å²) in [5.41, 5.74) is 0.369. The van der Waals surface area contributed by atoms with Gasteiger partial charge in [0, 0.05) is 12.1 Å². The maximum atomic E-state index is 13.4. The van der Waals surface area contributed by atoms with Gasteiger partial charge in [-0.15, -0.1) is 0 Å². The summed E-state index contributed by atoms with van der Waals surface area (Å²) in [6, 6.07) is 9.80. The van der Waals surface area contributed by atoms with E-state index in [4.69, 9.17) is 0 Å². The van der Waals surface area contributed by atoms with Gasteiger partial charge in [-0.2, -0.15) is 8.78 Å². The molecular weight excluding hydrogens is 274 g/mol. The first-order chi connectivity index (χ1) is 9.58. The predicted octanol–water partition coefficient (Wildman–Crippen LogP) is 4.18. The molecule has 0 aliphatic rings. The molecule has 0 spiro atoms. The van der Waals surface area contributed by atoms with Gasteiger partial charge in [-0.1, -0.05) is 24.3 Å². The molecule has 2 rings (SSSR count). The van der Waals surface area contributed by atoms with Gasteiger partial charge in [0.1, 0.15) is 5.75 Å². The van der Waals surface area contributed by atoms with Crippen LogP contribution in [0.15, 0.2) is 42.5 Å². The molecule has 6 heteroatoms. The molecule has 0 amide bonds. The van der Waals surface area contributed by atoms with Crippen LogP contribution in [0.25, 0.3) is 0 Å². The van der Waals surface area contributed by atoms with E-state index in [2.05, 4.69) is 10.1 Å². The molecule has 0 aliphatic carbocycles. The van der Waals surface area contributed by atoms with Gasteiger partial charge in [0.2, 0.25) is 0 Å². The Bertz CT molecular complexity index is 589. The summed E-state index contributed by atoms with van der Waals surface area (Å²) in [6.45, 7) is -3.00. The highest BCUT2D eigenvalue weighted by Crippen LogP contribution is 2.26. The third kappa shape index (κ3) is 3.40. The van der Waals surface area contributed by atoms with Crippen molar-refractivity contribution in [2.24, 2.45) is 0 Å². The Kier molecular flexibility index (Phi) is 4.45. The van der Waals surface area contributed by atoms with Crippen molar-refractivity contribution in [3.63, 3.8) is 0 Å². The van der Waals surface area contributed by atoms with Gasteiger partial charge < -0.3 is 10.1 Å². The third-order valence-electron chi connectivity index (χ3n) is 2.60. The fourth-order valence-corrected chi connectivity index (χ4v) is 1.69. The van der Waals surface area contributed by atoms with E-state index in [1.807, 2.05) is 0 Å². The van der Waals surface area contributed by atoms with E-state index in [1.165, 1.54) is 30.3 Å². The van der Waals surface area contributed by atoms with Crippen LogP contribution < -0.4 is 10.1 Å². The highest BCUT2D eigenvalue weighted by Gasteiger charge is 2.11. The van der Waals surface area contributed by atoms with Gasteiger partial charge in [0.15, 0.2) is 11.6 Å². The van der Waals surface area contributed by atoms with E-state index < -0.39 is 18.2 Å². The largest absolute Gasteiger partial charge is 0.433 e. The molecule has 0 unspecified atom stereocenters. The van der Waals surface area contributed by atoms with Crippen LogP contribution in [0, 0.1) is 11.6 Å². The number of halogens is 4. The lowest BCUT2D eigenvalue weighted by atomic mass is 10.2. The zero-order valence-electron chi connectivity index (χ0n) is 10.2. The molecule has 0 aromatic heterocycles. The number of ether oxygens (including phenoxy) is 1. The van der Waals surface area contributed by atoms with E-state index in [0.717, 1.165) is 6.07 Å². The molecule has 0 fully saturated rings. The Morgan fingerprint density at radius 1 is 1.00 bits per heavy atom. The third-order valence-corrected chi connectivity index (χ3v) is 2.60. The molecule has 1 N–H and O–H groups in total. The summed E-state index contributed by atoms with van der Waals surface area (Å²) < 4.78 is 55.2. The molecule has 0 radical (unpaired) electrons. The maximum Gasteiger partial charge on any atom is 0.387 e. The van der Waals surface area contributed by atoms with Gasteiger partial charge in [-0.05, 0) is 18.2 Å². The van der Waals surface area contributed by atoms with Crippen LogP contribution in [0.1, 0.15) is 5.56 Å². The second-order valence-corrected chi connectivity index (χ2v) is 3.94. The topological polar surface area (TPSA) is 21.3 Å². The van der Waals surface area contributed by atoms with Gasteiger partial charge >= 0.3 is 6.61 Å². The zero-order valence-corrected chi connectivity index (χ0v) is 10.2. The van der Waals surface area contributed by atoms with E-state index in [-0.39, 0.29) is 23.5 Å². The van der Waals surface area contributed by atoms with Gasteiger partial charge in [-0.3, -0.25) is 0 Å². The summed E-state index contributed by atoms with van der Waals surface area (Å²) >= 11 is 0. The molecule has 0 heterocycles. The molecule has 2 aromatic rings. The summed E-state index contributed by atoms with van der Waals surface area (Å²) in [6.07, 6.45) is 0. The Morgan fingerprint density at radius 3 is 2.50 bits per heavy atom. The van der Waals surface area contributed by atoms with Crippen LogP contribution in [0.4, 0.5) is 23.2 Å². The van der Waals surface area contributed by atoms with E-state index in [9.17, 15) is 17.6 Å². The highest BCUT2D eigenvalue weighted by molar-refractivity contribution is 5.56. The van der Waals surface area contributed by atoms with Gasteiger partial charge in [0.05, 0.1) is 5.69 Å². The molecule has 20 heavy (non-hydrogen) atoms. The summed E-state index contributed by atoms with van der Waals surface area (Å²) in [7, 11) is 0. The minimum Gasteiger partial charge on any atom is -0.433 e. The Balaban J connectivity index is 2.13. The van der Waals surface area contributed by atoms with E-state index in [1.54, 1.807) is 6.07 Å². The van der Waals surface area contributed by atoms with Crippen molar-refractivity contribution in [1.29, 1.82) is 0 Å². The second kappa shape index (κ2) is 6.27. The minimum absolute atomic E-state index is 0.0484. The standard InChI is InChI=1S/C14H11F4NO/c15-10-5-3-4-9(13(10)16)8-19-11-6-1-2-7-12(11)20-14(17)18/h1-7,14,19H,8H2. The lowest BCUT2D eigenvalue weighted by Crippen LogP contribution is -2.07. The molecule has 2 nitrogen and oxygen atoms in total. The van der Waals surface area contributed by atoms with Crippen LogP contribution in [0.5, 0.6) is 5.75 Å². The summed E-state index contributed by atoms with van der Waals surface area (Å²) in [4.78, 5) is 0. The smallest absolute Gasteiger partial charge is 0.387 e. The number of benzene rings is 2. The van der Waals surface area contributed by atoms with Crippen molar-refractivity contribution >= 4 is 5.69 Å². The second-order valence-electron chi connectivity index (χ2n) is 3.94. The van der Waals surface area contributed by atoms with Crippen LogP contribution in [0.3, 0.4) is 0 Å². The number of hydrogen-bond donors (Lipinski definition) is 1. The Hall–Kier alpha value is -2.24. The normalized spacial score (nSPS) is 10.7. The summed E-state index contributed by atoms with van der Waals surface area (Å²) in [5, 5.41) is 2.74. The van der Waals surface area contributed by atoms with Crippen molar-refractivity contribution in [2.45, 2.75) is 13.2 Å². The van der Waals surface area contributed by atoms with Crippen molar-refractivity contribution in [3.05, 3.63) is 59.7 Å². The summed E-state index contributed by atoms with van der Waals surface area (Å²) in [5.74, 6) is -1.98. The highest BCUT2D eigenvalue weighted by atomic mass is 19.3. The van der Waals surface area contributed by atoms with E-state index in [0.29, 0.717) is 0 Å². The number of rotatable bonds is 5. The molecule has 2 aromatic carbocycles. The average Bonchev–Trinajstić information content (AvgIpc) is 2.41. The predicted molar refractivity (Wildman–Crippen MR) is 66.8 cm³/mol. The van der Waals surface area contributed by atoms with Crippen LogP contribution in [0.2, 0.25) is 0 Å². The molecule has 0 saturated heterocycles. The first-order valence-corrected chi connectivity index (χ1v) is 5.78. The quantitative estimate of drug-likeness (QED) is 0.832. The molecular formula is C14H11F4NO. The van der Waals surface area contributed by atoms with Crippen molar-refractivity contribution < 1.29 is 22.3 Å². The van der Waals surface area contributed by atoms with Crippen LogP contribution in [-0.4, -0.2) is 6.61 Å². The average molecular weight is 285 g/mol. The van der Waals surface area contributed by atoms with Gasteiger partial charge in [-0.25, -0.2) is 8.78 Å². The first kappa shape index (κ1) is 14.2. The fraction of sp³-hybridized carbons (Fsp3) is 0.143. The number of para-hydroxylation sites is 2. The minimum atomic E-state index is -2.95. The van der Waals surface area contributed by atoms with Crippen LogP contribution >= 0.6 is 0 Å². The SMILES string of the molecule is Fc1cccc(CNc2ccccc2OC(F)F)c1F. The molecule has 0 saturated carbocycles. The van der Waals surface area contributed by atoms with E-state index >= 15 is 0 Å². The fourth-order valence-electron chi connectivity index (χ4n) is 1.69. The molecule has 0 atom stereocenters. The van der Waals surface area contributed by atoms with Crippen LogP contribution in [-0.2, 0) is 6.54 Å². The van der Waals surface area contributed by atoms with Gasteiger partial charge in [0.25, 0.3) is 0 Å². The lowest BCUT2D eigenvalue weighted by molar-refractivity contribution is -0.0493.